The molecule has 1 N–H and O–H groups in total. The van der Waals surface area contributed by atoms with E-state index >= 15 is 0 Å². The van der Waals surface area contributed by atoms with Crippen LogP contribution in [0.2, 0.25) is 0 Å². The van der Waals surface area contributed by atoms with Gasteiger partial charge in [0.05, 0.1) is 23.6 Å². The molecule has 1 unspecified atom stereocenters. The third kappa shape index (κ3) is 6.28. The minimum Gasteiger partial charge on any atom is -0.456 e. The number of nitrogens with zero attached hydrogens (tertiary/aromatic N) is 1. The molecule has 0 spiro atoms. The summed E-state index contributed by atoms with van der Waals surface area (Å²) in [5.41, 5.74) is -0.160. The lowest BCUT2D eigenvalue weighted by Crippen LogP contribution is -2.33. The molecule has 11 nitrogen and oxygen atoms in total. The van der Waals surface area contributed by atoms with Crippen LogP contribution in [0.25, 0.3) is 0 Å². The number of hydroxylamine groups is 2. The Balaban J connectivity index is 1.63. The van der Waals surface area contributed by atoms with Gasteiger partial charge < -0.3 is 24.4 Å². The zero-order valence-corrected chi connectivity index (χ0v) is 23.4. The number of benzene rings is 1. The number of amides is 2. The molecule has 0 saturated heterocycles. The van der Waals surface area contributed by atoms with Gasteiger partial charge in [-0.05, 0) is 65.2 Å². The van der Waals surface area contributed by atoms with Gasteiger partial charge in [-0.1, -0.05) is 18.2 Å². The Bertz CT molecular complexity index is 1350. The van der Waals surface area contributed by atoms with E-state index in [4.69, 9.17) is 19.0 Å². The third-order valence-corrected chi connectivity index (χ3v) is 6.72. The molecule has 1 atom stereocenters. The van der Waals surface area contributed by atoms with E-state index in [0.717, 1.165) is 22.0 Å². The van der Waals surface area contributed by atoms with Gasteiger partial charge in [0.2, 0.25) is 0 Å². The lowest BCUT2D eigenvalue weighted by Gasteiger charge is -2.24. The number of anilines is 1. The highest BCUT2D eigenvalue weighted by Crippen LogP contribution is 2.43. The lowest BCUT2D eigenvalue weighted by atomic mass is 10.0. The molecule has 1 aromatic carbocycles. The van der Waals surface area contributed by atoms with Crippen LogP contribution in [-0.4, -0.2) is 52.6 Å². The van der Waals surface area contributed by atoms with E-state index in [-0.39, 0.29) is 30.1 Å². The molecule has 0 saturated carbocycles. The molecule has 2 amide bonds. The van der Waals surface area contributed by atoms with Crippen molar-refractivity contribution in [3.8, 4) is 0 Å². The van der Waals surface area contributed by atoms with Gasteiger partial charge in [0.25, 0.3) is 5.91 Å². The van der Waals surface area contributed by atoms with Gasteiger partial charge in [-0.15, -0.1) is 11.3 Å². The van der Waals surface area contributed by atoms with E-state index in [1.165, 1.54) is 0 Å². The maximum Gasteiger partial charge on any atom is 0.397 e. The second-order valence-electron chi connectivity index (χ2n) is 11.0. The molecule has 4 rings (SSSR count). The van der Waals surface area contributed by atoms with Gasteiger partial charge in [0, 0.05) is 5.56 Å². The third-order valence-electron chi connectivity index (χ3n) is 5.53. The van der Waals surface area contributed by atoms with Crippen molar-refractivity contribution in [1.29, 1.82) is 0 Å². The fourth-order valence-electron chi connectivity index (χ4n) is 4.04. The fraction of sp³-hybridized carbons (Fsp3) is 0.444. The summed E-state index contributed by atoms with van der Waals surface area (Å²) in [4.78, 5) is 69.8. The quantitative estimate of drug-likeness (QED) is 0.440. The number of carbonyl (C=O) groups is 5. The Hall–Kier alpha value is -3.77. The van der Waals surface area contributed by atoms with Crippen LogP contribution in [0.4, 0.5) is 5.00 Å². The molecule has 2 aliphatic rings. The van der Waals surface area contributed by atoms with Gasteiger partial charge in [-0.2, -0.15) is 5.06 Å². The fourth-order valence-corrected chi connectivity index (χ4v) is 5.31. The van der Waals surface area contributed by atoms with Crippen molar-refractivity contribution in [1.82, 2.24) is 5.06 Å². The SMILES string of the molecule is CC(C)(C)OC(=O)C(=O)Nc1sc2c(c1C(=O)OC(C)(C)C)CCOC2C(=O)ON1Cc2ccccc2C1=O. The summed E-state index contributed by atoms with van der Waals surface area (Å²) >= 11 is 0.893. The Kier molecular flexibility index (Phi) is 7.55. The molecule has 2 aliphatic heterocycles. The standard InChI is InChI=1S/C27H30N2O9S/c1-26(2,3)36-23(32)17-16-11-12-35-18(19(16)39-21(17)28-20(30)25(34)37-27(4,5)6)24(33)38-29-13-14-9-7-8-10-15(14)22(29)31/h7-10,18H,11-13H2,1-6H3,(H,28,30). The molecule has 2 aromatic rings. The van der Waals surface area contributed by atoms with Gasteiger partial charge in [-0.25, -0.2) is 14.4 Å². The maximum absolute atomic E-state index is 13.2. The van der Waals surface area contributed by atoms with Crippen LogP contribution in [0.5, 0.6) is 0 Å². The van der Waals surface area contributed by atoms with Crippen LogP contribution in [0.15, 0.2) is 24.3 Å². The topological polar surface area (TPSA) is 138 Å². The van der Waals surface area contributed by atoms with Gasteiger partial charge in [-0.3, -0.25) is 9.59 Å². The molecule has 208 valence electrons. The number of hydrogen-bond acceptors (Lipinski definition) is 10. The summed E-state index contributed by atoms with van der Waals surface area (Å²) < 4.78 is 16.4. The lowest BCUT2D eigenvalue weighted by molar-refractivity contribution is -0.192. The molecule has 0 aliphatic carbocycles. The van der Waals surface area contributed by atoms with Crippen molar-refractivity contribution in [2.75, 3.05) is 11.9 Å². The molecule has 0 fully saturated rings. The predicted molar refractivity (Wildman–Crippen MR) is 139 cm³/mol. The van der Waals surface area contributed by atoms with Crippen LogP contribution in [-0.2, 0) is 46.4 Å². The van der Waals surface area contributed by atoms with Crippen LogP contribution in [0, 0.1) is 0 Å². The number of rotatable bonds is 4. The summed E-state index contributed by atoms with van der Waals surface area (Å²) in [6.07, 6.45) is -1.04. The highest BCUT2D eigenvalue weighted by molar-refractivity contribution is 7.17. The zero-order chi connectivity index (χ0) is 28.7. The number of thiophene rings is 1. The van der Waals surface area contributed by atoms with Crippen molar-refractivity contribution in [2.24, 2.45) is 0 Å². The summed E-state index contributed by atoms with van der Waals surface area (Å²) in [6, 6.07) is 6.91. The Labute approximate surface area is 229 Å². The highest BCUT2D eigenvalue weighted by atomic mass is 32.1. The van der Waals surface area contributed by atoms with Crippen LogP contribution in [0.3, 0.4) is 0 Å². The van der Waals surface area contributed by atoms with E-state index in [9.17, 15) is 24.0 Å². The second kappa shape index (κ2) is 10.4. The van der Waals surface area contributed by atoms with Crippen LogP contribution in [0.1, 0.15) is 84.4 Å². The van der Waals surface area contributed by atoms with E-state index in [1.54, 1.807) is 65.8 Å². The first-order valence-corrected chi connectivity index (χ1v) is 13.1. The Morgan fingerprint density at radius 1 is 1.03 bits per heavy atom. The van der Waals surface area contributed by atoms with Gasteiger partial charge >= 0.3 is 23.8 Å². The average molecular weight is 559 g/mol. The Morgan fingerprint density at radius 2 is 1.69 bits per heavy atom. The van der Waals surface area contributed by atoms with E-state index in [2.05, 4.69) is 5.32 Å². The number of ether oxygens (including phenoxy) is 3. The zero-order valence-electron chi connectivity index (χ0n) is 22.5. The summed E-state index contributed by atoms with van der Waals surface area (Å²) in [5.74, 6) is -4.28. The monoisotopic (exact) mass is 558 g/mol. The average Bonchev–Trinajstić information content (AvgIpc) is 3.34. The maximum atomic E-state index is 13.2. The number of esters is 2. The molecule has 0 radical (unpaired) electrons. The number of carbonyl (C=O) groups excluding carboxylic acids is 5. The minimum absolute atomic E-state index is 0.0121. The smallest absolute Gasteiger partial charge is 0.397 e. The molecule has 1 aromatic heterocycles. The number of nitrogens with one attached hydrogen (secondary N) is 1. The predicted octanol–water partition coefficient (Wildman–Crippen LogP) is 3.71. The van der Waals surface area contributed by atoms with Gasteiger partial charge in [0.15, 0.2) is 6.10 Å². The molecule has 12 heteroatoms. The summed E-state index contributed by atoms with van der Waals surface area (Å²) in [6.45, 7) is 10.1. The molecular formula is C27H30N2O9S. The molecular weight excluding hydrogens is 528 g/mol. The number of fused-ring (bicyclic) bond motifs is 2. The van der Waals surface area contributed by atoms with Crippen LogP contribution >= 0.6 is 11.3 Å². The van der Waals surface area contributed by atoms with Crippen molar-refractivity contribution < 1.29 is 43.0 Å². The van der Waals surface area contributed by atoms with Crippen molar-refractivity contribution >= 4 is 46.1 Å². The van der Waals surface area contributed by atoms with Crippen molar-refractivity contribution in [3.63, 3.8) is 0 Å². The minimum atomic E-state index is -1.27. The summed E-state index contributed by atoms with van der Waals surface area (Å²) in [7, 11) is 0. The highest BCUT2D eigenvalue weighted by Gasteiger charge is 2.40. The first-order valence-electron chi connectivity index (χ1n) is 12.3. The van der Waals surface area contributed by atoms with E-state index in [0.29, 0.717) is 16.0 Å². The molecule has 39 heavy (non-hydrogen) atoms. The number of hydrogen-bond donors (Lipinski definition) is 1. The van der Waals surface area contributed by atoms with Crippen molar-refractivity contribution in [2.45, 2.75) is 71.8 Å². The normalized spacial score (nSPS) is 16.7. The van der Waals surface area contributed by atoms with E-state index < -0.39 is 47.0 Å². The summed E-state index contributed by atoms with van der Waals surface area (Å²) in [5, 5.41) is 3.41. The first kappa shape index (κ1) is 28.2. The van der Waals surface area contributed by atoms with Crippen molar-refractivity contribution in [3.05, 3.63) is 51.4 Å². The van der Waals surface area contributed by atoms with Crippen LogP contribution < -0.4 is 5.32 Å². The molecule has 0 bridgehead atoms. The molecule has 3 heterocycles. The first-order chi connectivity index (χ1) is 18.1. The largest absolute Gasteiger partial charge is 0.456 e. The van der Waals surface area contributed by atoms with Gasteiger partial charge in [0.1, 0.15) is 16.2 Å². The van der Waals surface area contributed by atoms with E-state index in [1.807, 2.05) is 0 Å². The second-order valence-corrected chi connectivity index (χ2v) is 12.1. The Morgan fingerprint density at radius 3 is 2.33 bits per heavy atom.